The molecule has 1 unspecified atom stereocenters. The van der Waals surface area contributed by atoms with Crippen LogP contribution in [0, 0.1) is 0 Å². The normalized spacial score (nSPS) is 16.6. The van der Waals surface area contributed by atoms with Crippen molar-refractivity contribution in [3.63, 3.8) is 0 Å². The van der Waals surface area contributed by atoms with Crippen LogP contribution in [-0.2, 0) is 9.53 Å². The molecule has 0 aliphatic carbocycles. The van der Waals surface area contributed by atoms with E-state index in [-0.39, 0.29) is 0 Å². The lowest BCUT2D eigenvalue weighted by Gasteiger charge is -2.27. The number of methoxy groups -OCH3 is 1. The monoisotopic (exact) mass is 364 g/mol. The highest BCUT2D eigenvalue weighted by molar-refractivity contribution is 7.99. The van der Waals surface area contributed by atoms with Crippen molar-refractivity contribution in [1.82, 2.24) is 14.8 Å². The van der Waals surface area contributed by atoms with E-state index in [0.29, 0.717) is 27.4 Å². The van der Waals surface area contributed by atoms with Crippen LogP contribution in [0.3, 0.4) is 0 Å². The Bertz CT molecular complexity index is 801. The third-order valence-electron chi connectivity index (χ3n) is 3.70. The number of halogens is 1. The van der Waals surface area contributed by atoms with Crippen molar-refractivity contribution in [3.8, 4) is 0 Å². The maximum Gasteiger partial charge on any atom is 0.338 e. The molecule has 0 fully saturated rings. The fourth-order valence-corrected chi connectivity index (χ4v) is 3.33. The summed E-state index contributed by atoms with van der Waals surface area (Å²) < 4.78 is 6.70. The molecule has 1 aromatic carbocycles. The van der Waals surface area contributed by atoms with Gasteiger partial charge in [0.25, 0.3) is 0 Å². The van der Waals surface area contributed by atoms with Crippen LogP contribution in [0.25, 0.3) is 0 Å². The summed E-state index contributed by atoms with van der Waals surface area (Å²) in [6.07, 6.45) is 0. The number of benzene rings is 1. The summed E-state index contributed by atoms with van der Waals surface area (Å²) >= 11 is 7.54. The van der Waals surface area contributed by atoms with Gasteiger partial charge in [-0.2, -0.15) is 4.98 Å². The number of allylic oxidation sites excluding steroid dienone is 1. The number of carbonyl (C=O) groups excluding carboxylic acids is 1. The molecule has 0 saturated heterocycles. The summed E-state index contributed by atoms with van der Waals surface area (Å²) in [5.41, 5.74) is 2.10. The third-order valence-corrected chi connectivity index (χ3v) is 4.67. The number of esters is 1. The van der Waals surface area contributed by atoms with Crippen molar-refractivity contribution in [2.75, 3.05) is 18.2 Å². The Morgan fingerprint density at radius 3 is 2.75 bits per heavy atom. The fourth-order valence-electron chi connectivity index (χ4n) is 2.65. The Balaban J connectivity index is 2.15. The minimum Gasteiger partial charge on any atom is -0.466 e. The molecular weight excluding hydrogens is 348 g/mol. The maximum absolute atomic E-state index is 12.4. The predicted octanol–water partition coefficient (Wildman–Crippen LogP) is 3.51. The van der Waals surface area contributed by atoms with E-state index in [0.717, 1.165) is 11.3 Å². The van der Waals surface area contributed by atoms with Crippen LogP contribution in [0.5, 0.6) is 0 Å². The predicted molar refractivity (Wildman–Crippen MR) is 94.3 cm³/mol. The first kappa shape index (κ1) is 16.9. The molecule has 1 atom stereocenters. The van der Waals surface area contributed by atoms with Crippen LogP contribution < -0.4 is 5.32 Å². The molecule has 8 heteroatoms. The lowest BCUT2D eigenvalue weighted by Crippen LogP contribution is -2.29. The minimum atomic E-state index is -0.412. The Morgan fingerprint density at radius 1 is 1.42 bits per heavy atom. The van der Waals surface area contributed by atoms with Gasteiger partial charge < -0.3 is 10.1 Å². The number of thioether (sulfide) groups is 1. The molecule has 2 heterocycles. The van der Waals surface area contributed by atoms with Gasteiger partial charge in [0, 0.05) is 10.7 Å². The lowest BCUT2D eigenvalue weighted by molar-refractivity contribution is -0.136. The van der Waals surface area contributed by atoms with Gasteiger partial charge in [-0.1, -0.05) is 42.4 Å². The Kier molecular flexibility index (Phi) is 4.82. The van der Waals surface area contributed by atoms with Crippen molar-refractivity contribution in [2.45, 2.75) is 25.0 Å². The SMILES string of the molecule is CCSc1nc2n(n1)C(c1ccc(Cl)cc1)C(C(=O)OC)=C(C)N2. The molecule has 3 rings (SSSR count). The Hall–Kier alpha value is -1.99. The second-order valence-corrected chi connectivity index (χ2v) is 6.87. The summed E-state index contributed by atoms with van der Waals surface area (Å²) in [5, 5.41) is 9.00. The molecule has 1 aromatic heterocycles. The van der Waals surface area contributed by atoms with Gasteiger partial charge in [-0.15, -0.1) is 5.10 Å². The van der Waals surface area contributed by atoms with Crippen LogP contribution in [0.1, 0.15) is 25.5 Å². The average molecular weight is 365 g/mol. The number of nitrogens with zero attached hydrogens (tertiary/aromatic N) is 3. The van der Waals surface area contributed by atoms with E-state index in [2.05, 4.69) is 15.4 Å². The summed E-state index contributed by atoms with van der Waals surface area (Å²) in [6.45, 7) is 3.87. The van der Waals surface area contributed by atoms with Crippen LogP contribution in [0.2, 0.25) is 5.02 Å². The number of anilines is 1. The number of aromatic nitrogens is 3. The van der Waals surface area contributed by atoms with E-state index in [1.54, 1.807) is 28.6 Å². The third kappa shape index (κ3) is 3.01. The van der Waals surface area contributed by atoms with Crippen molar-refractivity contribution in [3.05, 3.63) is 46.1 Å². The number of ether oxygens (including phenoxy) is 1. The molecule has 0 radical (unpaired) electrons. The van der Waals surface area contributed by atoms with E-state index in [9.17, 15) is 4.79 Å². The van der Waals surface area contributed by atoms with Crippen molar-refractivity contribution >= 4 is 35.3 Å². The second kappa shape index (κ2) is 6.86. The molecule has 6 nitrogen and oxygen atoms in total. The average Bonchev–Trinajstić information content (AvgIpc) is 2.96. The van der Waals surface area contributed by atoms with Gasteiger partial charge in [-0.05, 0) is 30.4 Å². The molecular formula is C16H17ClN4O2S. The van der Waals surface area contributed by atoms with Gasteiger partial charge in [0.1, 0.15) is 6.04 Å². The molecule has 1 aliphatic heterocycles. The van der Waals surface area contributed by atoms with E-state index >= 15 is 0 Å². The van der Waals surface area contributed by atoms with Gasteiger partial charge >= 0.3 is 5.97 Å². The van der Waals surface area contributed by atoms with Gasteiger partial charge in [0.05, 0.1) is 12.7 Å². The van der Waals surface area contributed by atoms with Gasteiger partial charge in [-0.3, -0.25) is 0 Å². The van der Waals surface area contributed by atoms with Crippen molar-refractivity contribution < 1.29 is 9.53 Å². The number of hydrogen-bond acceptors (Lipinski definition) is 6. The van der Waals surface area contributed by atoms with E-state index in [1.807, 2.05) is 26.0 Å². The summed E-state index contributed by atoms with van der Waals surface area (Å²) in [5.74, 6) is 1.08. The molecule has 1 N–H and O–H groups in total. The van der Waals surface area contributed by atoms with Crippen LogP contribution in [0.15, 0.2) is 40.7 Å². The molecule has 0 spiro atoms. The zero-order valence-corrected chi connectivity index (χ0v) is 15.1. The van der Waals surface area contributed by atoms with Crippen LogP contribution in [-0.4, -0.2) is 33.6 Å². The van der Waals surface area contributed by atoms with E-state index < -0.39 is 12.0 Å². The second-order valence-electron chi connectivity index (χ2n) is 5.20. The lowest BCUT2D eigenvalue weighted by atomic mass is 9.96. The van der Waals surface area contributed by atoms with E-state index in [4.69, 9.17) is 16.3 Å². The molecule has 2 aromatic rings. The number of nitrogens with one attached hydrogen (secondary N) is 1. The highest BCUT2D eigenvalue weighted by Crippen LogP contribution is 2.36. The number of rotatable bonds is 4. The summed E-state index contributed by atoms with van der Waals surface area (Å²) in [6, 6.07) is 6.94. The molecule has 0 amide bonds. The Labute approximate surface area is 149 Å². The summed E-state index contributed by atoms with van der Waals surface area (Å²) in [4.78, 5) is 16.9. The largest absolute Gasteiger partial charge is 0.466 e. The number of fused-ring (bicyclic) bond motifs is 1. The highest BCUT2D eigenvalue weighted by atomic mass is 35.5. The summed E-state index contributed by atoms with van der Waals surface area (Å²) in [7, 11) is 1.37. The number of hydrogen-bond donors (Lipinski definition) is 1. The van der Waals surface area contributed by atoms with Gasteiger partial charge in [-0.25, -0.2) is 9.48 Å². The molecule has 0 bridgehead atoms. The number of carbonyl (C=O) groups is 1. The topological polar surface area (TPSA) is 69.0 Å². The van der Waals surface area contributed by atoms with Gasteiger partial charge in [0.2, 0.25) is 11.1 Å². The first-order valence-corrected chi connectivity index (χ1v) is 8.82. The first-order chi connectivity index (χ1) is 11.5. The first-order valence-electron chi connectivity index (χ1n) is 7.46. The highest BCUT2D eigenvalue weighted by Gasteiger charge is 2.34. The standard InChI is InChI=1S/C16H17ClN4O2S/c1-4-24-16-19-15-18-9(2)12(14(22)23-3)13(21(15)20-16)10-5-7-11(17)8-6-10/h5-8,13H,4H2,1-3H3,(H,18,19,20). The zero-order valence-electron chi connectivity index (χ0n) is 13.5. The minimum absolute atomic E-state index is 0.397. The van der Waals surface area contributed by atoms with Gasteiger partial charge in [0.15, 0.2) is 0 Å². The van der Waals surface area contributed by atoms with Crippen LogP contribution in [0.4, 0.5) is 5.95 Å². The van der Waals surface area contributed by atoms with E-state index in [1.165, 1.54) is 7.11 Å². The van der Waals surface area contributed by atoms with Crippen molar-refractivity contribution in [1.29, 1.82) is 0 Å². The van der Waals surface area contributed by atoms with Crippen LogP contribution >= 0.6 is 23.4 Å². The quantitative estimate of drug-likeness (QED) is 0.661. The fraction of sp³-hybridized carbons (Fsp3) is 0.312. The van der Waals surface area contributed by atoms with Crippen molar-refractivity contribution in [2.24, 2.45) is 0 Å². The smallest absolute Gasteiger partial charge is 0.338 e. The molecule has 1 aliphatic rings. The Morgan fingerprint density at radius 2 is 2.12 bits per heavy atom. The molecule has 126 valence electrons. The molecule has 24 heavy (non-hydrogen) atoms. The maximum atomic E-state index is 12.4. The molecule has 0 saturated carbocycles. The zero-order chi connectivity index (χ0) is 17.3.